The Morgan fingerprint density at radius 1 is 1.18 bits per heavy atom. The van der Waals surface area contributed by atoms with Crippen LogP contribution < -0.4 is 20.5 Å². The monoisotopic (exact) mass is 377 g/mol. The summed E-state index contributed by atoms with van der Waals surface area (Å²) in [4.78, 5) is 10.6. The predicted octanol–water partition coefficient (Wildman–Crippen LogP) is 2.47. The van der Waals surface area contributed by atoms with Gasteiger partial charge in [-0.25, -0.2) is 9.48 Å². The molecule has 0 bridgehead atoms. The number of nitrogens with one attached hydrogen (secondary N) is 1. The highest BCUT2D eigenvalue weighted by Gasteiger charge is 2.12. The van der Waals surface area contributed by atoms with E-state index in [1.54, 1.807) is 17.9 Å². The Bertz CT molecular complexity index is 988. The van der Waals surface area contributed by atoms with Crippen molar-refractivity contribution in [2.75, 3.05) is 20.3 Å². The second-order valence-electron chi connectivity index (χ2n) is 5.80. The maximum absolute atomic E-state index is 10.6. The van der Waals surface area contributed by atoms with Crippen molar-refractivity contribution in [3.8, 4) is 34.5 Å². The third kappa shape index (κ3) is 4.40. The molecule has 2 aromatic carbocycles. The summed E-state index contributed by atoms with van der Waals surface area (Å²) < 4.78 is 12.5. The first-order chi connectivity index (χ1) is 13.6. The van der Waals surface area contributed by atoms with E-state index in [9.17, 15) is 10.1 Å². The smallest absolute Gasteiger partial charge is 0.312 e. The van der Waals surface area contributed by atoms with Gasteiger partial charge in [0.25, 0.3) is 0 Å². The molecule has 2 amide bonds. The lowest BCUT2D eigenvalue weighted by Gasteiger charge is -2.10. The number of aromatic nitrogens is 2. The van der Waals surface area contributed by atoms with Crippen molar-refractivity contribution in [1.82, 2.24) is 15.1 Å². The van der Waals surface area contributed by atoms with Gasteiger partial charge >= 0.3 is 6.03 Å². The highest BCUT2D eigenvalue weighted by molar-refractivity contribution is 5.71. The third-order valence-corrected chi connectivity index (χ3v) is 3.96. The van der Waals surface area contributed by atoms with Crippen LogP contribution in [-0.4, -0.2) is 36.1 Å². The van der Waals surface area contributed by atoms with Gasteiger partial charge in [-0.2, -0.15) is 10.4 Å². The van der Waals surface area contributed by atoms with E-state index in [0.717, 1.165) is 22.7 Å². The lowest BCUT2D eigenvalue weighted by Crippen LogP contribution is -2.32. The number of amides is 2. The number of rotatable bonds is 7. The topological polar surface area (TPSA) is 115 Å². The number of ether oxygens (including phenoxy) is 2. The number of urea groups is 1. The highest BCUT2D eigenvalue weighted by Crippen LogP contribution is 2.26. The third-order valence-electron chi connectivity index (χ3n) is 3.96. The molecule has 3 aromatic rings. The van der Waals surface area contributed by atoms with Gasteiger partial charge in [-0.15, -0.1) is 0 Å². The minimum atomic E-state index is -0.584. The standard InChI is InChI=1S/C20H19N5O3/c1-27-17-8-4-16(5-9-17)25-19(12-15(13-21)24-25)14-2-6-18(7-3-14)28-11-10-23-20(22)26/h2-9,12H,10-11H2,1H3,(H3,22,23,26). The molecule has 0 aliphatic carbocycles. The molecule has 1 aromatic heterocycles. The minimum Gasteiger partial charge on any atom is -0.497 e. The zero-order chi connectivity index (χ0) is 19.9. The van der Waals surface area contributed by atoms with Gasteiger partial charge in [0.05, 0.1) is 25.0 Å². The number of nitrogens with zero attached hydrogens (tertiary/aromatic N) is 3. The second kappa shape index (κ2) is 8.60. The molecule has 8 nitrogen and oxygen atoms in total. The Morgan fingerprint density at radius 2 is 1.86 bits per heavy atom. The molecule has 0 saturated heterocycles. The van der Waals surface area contributed by atoms with Crippen LogP contribution in [0.25, 0.3) is 16.9 Å². The summed E-state index contributed by atoms with van der Waals surface area (Å²) in [7, 11) is 1.61. The molecule has 3 rings (SSSR count). The van der Waals surface area contributed by atoms with Gasteiger partial charge in [0.15, 0.2) is 5.69 Å². The number of hydrogen-bond acceptors (Lipinski definition) is 5. The average Bonchev–Trinajstić information content (AvgIpc) is 3.16. The van der Waals surface area contributed by atoms with Crippen molar-refractivity contribution >= 4 is 6.03 Å². The summed E-state index contributed by atoms with van der Waals surface area (Å²) in [6.07, 6.45) is 0. The van der Waals surface area contributed by atoms with Gasteiger partial charge in [-0.05, 0) is 48.5 Å². The first-order valence-corrected chi connectivity index (χ1v) is 8.52. The van der Waals surface area contributed by atoms with Gasteiger partial charge in [0.2, 0.25) is 0 Å². The summed E-state index contributed by atoms with van der Waals surface area (Å²) in [5, 5.41) is 16.1. The Labute approximate surface area is 162 Å². The summed E-state index contributed by atoms with van der Waals surface area (Å²) in [6, 6.07) is 18.1. The molecule has 0 fully saturated rings. The number of methoxy groups -OCH3 is 1. The van der Waals surface area contributed by atoms with Gasteiger partial charge in [-0.1, -0.05) is 0 Å². The van der Waals surface area contributed by atoms with Crippen LogP contribution in [0.1, 0.15) is 5.69 Å². The number of nitriles is 1. The van der Waals surface area contributed by atoms with E-state index in [4.69, 9.17) is 15.2 Å². The number of hydrogen-bond donors (Lipinski definition) is 2. The lowest BCUT2D eigenvalue weighted by molar-refractivity contribution is 0.244. The minimum absolute atomic E-state index is 0.310. The summed E-state index contributed by atoms with van der Waals surface area (Å²) in [6.45, 7) is 0.636. The van der Waals surface area contributed by atoms with E-state index in [0.29, 0.717) is 24.6 Å². The van der Waals surface area contributed by atoms with Crippen molar-refractivity contribution in [2.24, 2.45) is 5.73 Å². The van der Waals surface area contributed by atoms with Crippen molar-refractivity contribution in [2.45, 2.75) is 0 Å². The van der Waals surface area contributed by atoms with Crippen LogP contribution >= 0.6 is 0 Å². The zero-order valence-corrected chi connectivity index (χ0v) is 15.3. The van der Waals surface area contributed by atoms with Crippen molar-refractivity contribution < 1.29 is 14.3 Å². The number of carbonyl (C=O) groups excluding carboxylic acids is 1. The molecule has 28 heavy (non-hydrogen) atoms. The van der Waals surface area contributed by atoms with Crippen LogP contribution in [0.3, 0.4) is 0 Å². The van der Waals surface area contributed by atoms with Crippen LogP contribution in [0.4, 0.5) is 4.79 Å². The predicted molar refractivity (Wildman–Crippen MR) is 103 cm³/mol. The Morgan fingerprint density at radius 3 is 2.46 bits per heavy atom. The Balaban J connectivity index is 1.81. The lowest BCUT2D eigenvalue weighted by atomic mass is 10.1. The van der Waals surface area contributed by atoms with E-state index in [2.05, 4.69) is 16.5 Å². The van der Waals surface area contributed by atoms with Gasteiger partial charge in [-0.3, -0.25) is 0 Å². The molecule has 0 atom stereocenters. The van der Waals surface area contributed by atoms with E-state index >= 15 is 0 Å². The van der Waals surface area contributed by atoms with E-state index in [-0.39, 0.29) is 0 Å². The van der Waals surface area contributed by atoms with E-state index in [1.807, 2.05) is 48.5 Å². The Kier molecular flexibility index (Phi) is 5.77. The van der Waals surface area contributed by atoms with Crippen molar-refractivity contribution in [3.63, 3.8) is 0 Å². The first kappa shape index (κ1) is 18.8. The second-order valence-corrected chi connectivity index (χ2v) is 5.80. The number of carbonyl (C=O) groups is 1. The molecule has 1 heterocycles. The molecule has 0 aliphatic rings. The number of primary amides is 1. The maximum Gasteiger partial charge on any atom is 0.312 e. The summed E-state index contributed by atoms with van der Waals surface area (Å²) >= 11 is 0. The Hall–Kier alpha value is -3.99. The zero-order valence-electron chi connectivity index (χ0n) is 15.3. The SMILES string of the molecule is COc1ccc(-n2nc(C#N)cc2-c2ccc(OCCNC(N)=O)cc2)cc1. The molecule has 142 valence electrons. The first-order valence-electron chi connectivity index (χ1n) is 8.52. The molecule has 0 aliphatic heterocycles. The fraction of sp³-hybridized carbons (Fsp3) is 0.150. The molecule has 0 unspecified atom stereocenters. The van der Waals surface area contributed by atoms with Gasteiger partial charge in [0, 0.05) is 11.6 Å². The fourth-order valence-corrected chi connectivity index (χ4v) is 2.63. The summed E-state index contributed by atoms with van der Waals surface area (Å²) in [5.41, 5.74) is 7.81. The molecule has 0 saturated carbocycles. The van der Waals surface area contributed by atoms with Crippen LogP contribution in [0, 0.1) is 11.3 Å². The highest BCUT2D eigenvalue weighted by atomic mass is 16.5. The summed E-state index contributed by atoms with van der Waals surface area (Å²) in [5.74, 6) is 1.40. The normalized spacial score (nSPS) is 10.1. The molecular formula is C20H19N5O3. The molecule has 8 heteroatoms. The van der Waals surface area contributed by atoms with Crippen molar-refractivity contribution in [3.05, 3.63) is 60.3 Å². The van der Waals surface area contributed by atoms with Crippen LogP contribution in [0.2, 0.25) is 0 Å². The quantitative estimate of drug-likeness (QED) is 0.614. The molecule has 3 N–H and O–H groups in total. The van der Waals surface area contributed by atoms with Gasteiger partial charge < -0.3 is 20.5 Å². The van der Waals surface area contributed by atoms with Crippen LogP contribution in [-0.2, 0) is 0 Å². The van der Waals surface area contributed by atoms with Crippen molar-refractivity contribution in [1.29, 1.82) is 5.26 Å². The maximum atomic E-state index is 10.6. The van der Waals surface area contributed by atoms with Gasteiger partial charge in [0.1, 0.15) is 24.2 Å². The average molecular weight is 377 g/mol. The largest absolute Gasteiger partial charge is 0.497 e. The molecule has 0 spiro atoms. The molecular weight excluding hydrogens is 358 g/mol. The fourth-order valence-electron chi connectivity index (χ4n) is 2.63. The van der Waals surface area contributed by atoms with E-state index in [1.165, 1.54) is 0 Å². The number of nitrogens with two attached hydrogens (primary N) is 1. The number of benzene rings is 2. The molecule has 0 radical (unpaired) electrons. The van der Waals surface area contributed by atoms with E-state index < -0.39 is 6.03 Å². The van der Waals surface area contributed by atoms with Crippen LogP contribution in [0.5, 0.6) is 11.5 Å². The van der Waals surface area contributed by atoms with Crippen LogP contribution in [0.15, 0.2) is 54.6 Å².